The predicted molar refractivity (Wildman–Crippen MR) is 137 cm³/mol. The zero-order valence-corrected chi connectivity index (χ0v) is 23.4. The van der Waals surface area contributed by atoms with Crippen molar-refractivity contribution >= 4 is 11.8 Å². The molecule has 0 bridgehead atoms. The Labute approximate surface area is 212 Å². The van der Waals surface area contributed by atoms with Gasteiger partial charge in [0.1, 0.15) is 5.78 Å². The number of allylic oxidation sites excluding steroid dienone is 1. The van der Waals surface area contributed by atoms with Crippen LogP contribution in [0, 0.1) is 50.2 Å². The summed E-state index contributed by atoms with van der Waals surface area (Å²) in [5.41, 5.74) is 0.392. The molecule has 5 aliphatic rings. The average Bonchev–Trinajstić information content (AvgIpc) is 2.76. The molecule has 0 spiro atoms. The number of hydrogen-bond acceptors (Lipinski definition) is 4. The summed E-state index contributed by atoms with van der Waals surface area (Å²) in [6.07, 6.45) is 10.2. The van der Waals surface area contributed by atoms with Gasteiger partial charge in [0, 0.05) is 17.8 Å². The number of methoxy groups -OCH3 is 1. The zero-order valence-electron chi connectivity index (χ0n) is 23.4. The molecule has 4 heteroatoms. The molecule has 1 N–H and O–H groups in total. The molecule has 5 aliphatic carbocycles. The highest BCUT2D eigenvalue weighted by Crippen LogP contribution is 2.76. The highest BCUT2D eigenvalue weighted by atomic mass is 16.5. The molecule has 4 fully saturated rings. The molecular weight excluding hydrogens is 436 g/mol. The fourth-order valence-corrected chi connectivity index (χ4v) is 10.9. The molecule has 0 heterocycles. The van der Waals surface area contributed by atoms with E-state index in [2.05, 4.69) is 54.5 Å². The minimum absolute atomic E-state index is 0.00719. The minimum Gasteiger partial charge on any atom is -0.468 e. The first kappa shape index (κ1) is 25.5. The SMILES string of the molecule is COC(=O)[C@]12CCC(C)(C)C=C1[C@H]1CC[C@@H]3[C@@]4(C)CCC(=O)C(C)(C)[C@@H]4[C@H](O)C[C@@]3(C)[C@]1(C)CC2. The van der Waals surface area contributed by atoms with Crippen LogP contribution in [0.2, 0.25) is 0 Å². The highest BCUT2D eigenvalue weighted by molar-refractivity contribution is 5.85. The van der Waals surface area contributed by atoms with Crippen molar-refractivity contribution in [2.45, 2.75) is 112 Å². The summed E-state index contributed by atoms with van der Waals surface area (Å²) in [6, 6.07) is 0. The summed E-state index contributed by atoms with van der Waals surface area (Å²) >= 11 is 0. The van der Waals surface area contributed by atoms with Crippen molar-refractivity contribution < 1.29 is 19.4 Å². The molecule has 5 rings (SSSR count). The molecular formula is C31H48O4. The summed E-state index contributed by atoms with van der Waals surface area (Å²) < 4.78 is 5.45. The standard InChI is InChI=1S/C31H48O4/c1-26(2)13-15-31(25(34)35-8)16-14-29(6)19(20(31)17-26)9-10-22-28(5)12-11-23(33)27(3,4)24(28)21(32)18-30(22,29)7/h17,19,21-22,24,32H,9-16,18H2,1-8H3/t19-,21-,22-,24+,28-,29-,30-,31+/m1/s1. The van der Waals surface area contributed by atoms with E-state index in [-0.39, 0.29) is 33.5 Å². The van der Waals surface area contributed by atoms with Gasteiger partial charge in [-0.15, -0.1) is 0 Å². The third kappa shape index (κ3) is 3.07. The maximum Gasteiger partial charge on any atom is 0.315 e. The van der Waals surface area contributed by atoms with Gasteiger partial charge in [-0.05, 0) is 84.9 Å². The number of Topliss-reactive ketones (excluding diaryl/α,β-unsaturated/α-hetero) is 1. The number of carbonyl (C=O) groups excluding carboxylic acids is 2. The molecule has 8 atom stereocenters. The second kappa shape index (κ2) is 7.45. The first-order valence-corrected chi connectivity index (χ1v) is 14.1. The van der Waals surface area contributed by atoms with Crippen molar-refractivity contribution in [3.8, 4) is 0 Å². The molecule has 0 aromatic rings. The highest BCUT2D eigenvalue weighted by Gasteiger charge is 2.71. The maximum absolute atomic E-state index is 13.3. The molecule has 196 valence electrons. The van der Waals surface area contributed by atoms with Crippen LogP contribution >= 0.6 is 0 Å². The molecule has 0 aliphatic heterocycles. The van der Waals surface area contributed by atoms with Crippen molar-refractivity contribution in [3.05, 3.63) is 11.6 Å². The third-order valence-electron chi connectivity index (χ3n) is 12.8. The van der Waals surface area contributed by atoms with Gasteiger partial charge in [0.15, 0.2) is 0 Å². The van der Waals surface area contributed by atoms with E-state index in [0.717, 1.165) is 51.4 Å². The summed E-state index contributed by atoms with van der Waals surface area (Å²) in [5.74, 6) is 1.09. The lowest BCUT2D eigenvalue weighted by atomic mass is 9.32. The Balaban J connectivity index is 1.62. The van der Waals surface area contributed by atoms with Crippen LogP contribution in [0.5, 0.6) is 0 Å². The largest absolute Gasteiger partial charge is 0.468 e. The number of carbonyl (C=O) groups is 2. The van der Waals surface area contributed by atoms with E-state index in [1.807, 2.05) is 0 Å². The van der Waals surface area contributed by atoms with Crippen LogP contribution in [0.1, 0.15) is 106 Å². The van der Waals surface area contributed by atoms with Gasteiger partial charge in [-0.3, -0.25) is 9.59 Å². The van der Waals surface area contributed by atoms with E-state index in [9.17, 15) is 14.7 Å². The Hall–Kier alpha value is -1.16. The van der Waals surface area contributed by atoms with Gasteiger partial charge < -0.3 is 9.84 Å². The van der Waals surface area contributed by atoms with Crippen LogP contribution in [0.15, 0.2) is 11.6 Å². The Bertz CT molecular complexity index is 976. The molecule has 4 nitrogen and oxygen atoms in total. The predicted octanol–water partition coefficient (Wildman–Crippen LogP) is 6.50. The lowest BCUT2D eigenvalue weighted by molar-refractivity contribution is -0.243. The minimum atomic E-state index is -0.478. The Kier molecular flexibility index (Phi) is 5.43. The van der Waals surface area contributed by atoms with Crippen molar-refractivity contribution in [1.82, 2.24) is 0 Å². The fraction of sp³-hybridized carbons (Fsp3) is 0.871. The number of aliphatic hydroxyl groups excluding tert-OH is 1. The summed E-state index contributed by atoms with van der Waals surface area (Å²) in [5, 5.41) is 11.8. The lowest BCUT2D eigenvalue weighted by Gasteiger charge is -2.72. The van der Waals surface area contributed by atoms with Crippen LogP contribution in [-0.2, 0) is 14.3 Å². The molecule has 0 unspecified atom stereocenters. The second-order valence-corrected chi connectivity index (χ2v) is 15.1. The Morgan fingerprint density at radius 1 is 0.943 bits per heavy atom. The van der Waals surface area contributed by atoms with Gasteiger partial charge in [0.25, 0.3) is 0 Å². The molecule has 0 aromatic heterocycles. The molecule has 4 saturated carbocycles. The monoisotopic (exact) mass is 484 g/mol. The van der Waals surface area contributed by atoms with Crippen LogP contribution in [-0.4, -0.2) is 30.1 Å². The number of fused-ring (bicyclic) bond motifs is 7. The third-order valence-corrected chi connectivity index (χ3v) is 12.8. The number of ether oxygens (including phenoxy) is 1. The van der Waals surface area contributed by atoms with Gasteiger partial charge in [-0.25, -0.2) is 0 Å². The number of aliphatic hydroxyl groups is 1. The molecule has 0 aromatic carbocycles. The summed E-state index contributed by atoms with van der Waals surface area (Å²) in [6.45, 7) is 16.1. The normalized spacial score (nSPS) is 50.1. The average molecular weight is 485 g/mol. The van der Waals surface area contributed by atoms with Gasteiger partial charge in [-0.2, -0.15) is 0 Å². The summed E-state index contributed by atoms with van der Waals surface area (Å²) in [4.78, 5) is 26.3. The number of esters is 1. The van der Waals surface area contributed by atoms with E-state index in [1.54, 1.807) is 7.11 Å². The van der Waals surface area contributed by atoms with Crippen LogP contribution in [0.25, 0.3) is 0 Å². The van der Waals surface area contributed by atoms with Gasteiger partial charge in [-0.1, -0.05) is 60.1 Å². The molecule has 0 radical (unpaired) electrons. The lowest BCUT2D eigenvalue weighted by Crippen LogP contribution is -2.69. The van der Waals surface area contributed by atoms with Crippen molar-refractivity contribution in [2.24, 2.45) is 50.2 Å². The fourth-order valence-electron chi connectivity index (χ4n) is 10.9. The van der Waals surface area contributed by atoms with Gasteiger partial charge in [0.05, 0.1) is 18.6 Å². The quantitative estimate of drug-likeness (QED) is 0.341. The van der Waals surface area contributed by atoms with Crippen molar-refractivity contribution in [3.63, 3.8) is 0 Å². The first-order chi connectivity index (χ1) is 16.1. The van der Waals surface area contributed by atoms with E-state index in [1.165, 1.54) is 5.57 Å². The van der Waals surface area contributed by atoms with Crippen molar-refractivity contribution in [1.29, 1.82) is 0 Å². The van der Waals surface area contributed by atoms with E-state index in [0.29, 0.717) is 24.0 Å². The maximum atomic E-state index is 13.3. The molecule has 35 heavy (non-hydrogen) atoms. The molecule has 0 amide bonds. The summed E-state index contributed by atoms with van der Waals surface area (Å²) in [7, 11) is 1.55. The van der Waals surface area contributed by atoms with E-state index < -0.39 is 16.9 Å². The van der Waals surface area contributed by atoms with Gasteiger partial charge >= 0.3 is 5.97 Å². The second-order valence-electron chi connectivity index (χ2n) is 15.1. The first-order valence-electron chi connectivity index (χ1n) is 14.1. The number of ketones is 1. The van der Waals surface area contributed by atoms with Crippen LogP contribution in [0.4, 0.5) is 0 Å². The number of hydrogen-bond donors (Lipinski definition) is 1. The Morgan fingerprint density at radius 3 is 2.26 bits per heavy atom. The van der Waals surface area contributed by atoms with Gasteiger partial charge in [0.2, 0.25) is 0 Å². The number of rotatable bonds is 1. The Morgan fingerprint density at radius 2 is 1.60 bits per heavy atom. The topological polar surface area (TPSA) is 63.6 Å². The zero-order chi connectivity index (χ0) is 25.8. The van der Waals surface area contributed by atoms with E-state index in [4.69, 9.17) is 4.74 Å². The van der Waals surface area contributed by atoms with Crippen LogP contribution in [0.3, 0.4) is 0 Å². The molecule has 0 saturated heterocycles. The smallest absolute Gasteiger partial charge is 0.315 e. The van der Waals surface area contributed by atoms with E-state index >= 15 is 0 Å². The van der Waals surface area contributed by atoms with Crippen LogP contribution < -0.4 is 0 Å². The van der Waals surface area contributed by atoms with Crippen molar-refractivity contribution in [2.75, 3.05) is 7.11 Å².